The standard InChI is InChI=1S/C4H11N.C3H6O2/c1-4(2,3)5;1-2-3(4)5/h5H2,1-3H3;2H2,1H3,(H,4,5). The Labute approximate surface area is 62.2 Å². The van der Waals surface area contributed by atoms with Gasteiger partial charge in [0.05, 0.1) is 5.54 Å². The Hall–Kier alpha value is -0.570. The van der Waals surface area contributed by atoms with Crippen LogP contribution in [-0.4, -0.2) is 11.5 Å². The first kappa shape index (κ1) is 12.1. The molecule has 3 N–H and O–H groups in total. The molecule has 0 saturated carbocycles. The molecule has 0 radical (unpaired) electrons. The molecule has 0 aliphatic heterocycles. The molecule has 0 aliphatic rings. The summed E-state index contributed by atoms with van der Waals surface area (Å²) in [4.78, 5) is 9.26. The molecule has 10 heavy (non-hydrogen) atoms. The molecular formula is C7H17NO2. The second-order valence-corrected chi connectivity index (χ2v) is 3.29. The van der Waals surface area contributed by atoms with Gasteiger partial charge in [-0.15, -0.1) is 0 Å². The third-order valence-electron chi connectivity index (χ3n) is 0.289. The summed E-state index contributed by atoms with van der Waals surface area (Å²) >= 11 is 0. The van der Waals surface area contributed by atoms with Crippen molar-refractivity contribution in [2.75, 3.05) is 0 Å². The molecule has 0 unspecified atom stereocenters. The Morgan fingerprint density at radius 1 is 1.50 bits per heavy atom. The molecule has 0 atom stereocenters. The summed E-state index contributed by atoms with van der Waals surface area (Å²) in [6.45, 7) is 7.77. The van der Waals surface area contributed by atoms with Crippen molar-refractivity contribution in [3.05, 3.63) is 0 Å². The molecule has 0 spiro atoms. The van der Waals surface area contributed by atoms with Crippen molar-refractivity contribution in [1.82, 2.24) is 0 Å². The lowest BCUT2D eigenvalue weighted by Gasteiger charge is -2.01. The minimum Gasteiger partial charge on any atom is -0.550 e. The Morgan fingerprint density at radius 2 is 1.60 bits per heavy atom. The summed E-state index contributed by atoms with van der Waals surface area (Å²) in [6.07, 6.45) is 0.111. The Kier molecular flexibility index (Phi) is 6.35. The van der Waals surface area contributed by atoms with Crippen LogP contribution in [0.15, 0.2) is 0 Å². The minimum absolute atomic E-state index is 0.111. The molecular weight excluding hydrogens is 130 g/mol. The number of carbonyl (C=O) groups excluding carboxylic acids is 1. The average Bonchev–Trinajstić information content (AvgIpc) is 1.61. The monoisotopic (exact) mass is 147 g/mol. The molecule has 0 amide bonds. The van der Waals surface area contributed by atoms with Gasteiger partial charge in [-0.3, -0.25) is 0 Å². The summed E-state index contributed by atoms with van der Waals surface area (Å²) in [7, 11) is 0. The van der Waals surface area contributed by atoms with E-state index in [4.69, 9.17) is 0 Å². The third kappa shape index (κ3) is 150. The summed E-state index contributed by atoms with van der Waals surface area (Å²) < 4.78 is 0. The van der Waals surface area contributed by atoms with Gasteiger partial charge in [0, 0.05) is 5.97 Å². The summed E-state index contributed by atoms with van der Waals surface area (Å²) in [5.41, 5.74) is 4.02. The van der Waals surface area contributed by atoms with Crippen molar-refractivity contribution in [2.45, 2.75) is 39.7 Å². The smallest absolute Gasteiger partial charge is 0.0860 e. The molecule has 0 aromatic heterocycles. The van der Waals surface area contributed by atoms with Crippen molar-refractivity contribution >= 4 is 5.97 Å². The molecule has 0 aliphatic carbocycles. The molecule has 62 valence electrons. The van der Waals surface area contributed by atoms with Gasteiger partial charge in [0.25, 0.3) is 0 Å². The third-order valence-corrected chi connectivity index (χ3v) is 0.289. The van der Waals surface area contributed by atoms with Crippen LogP contribution in [0, 0.1) is 0 Å². The van der Waals surface area contributed by atoms with E-state index in [1.165, 1.54) is 6.92 Å². The fourth-order valence-corrected chi connectivity index (χ4v) is 0. The van der Waals surface area contributed by atoms with E-state index in [0.29, 0.717) is 0 Å². The van der Waals surface area contributed by atoms with E-state index in [0.717, 1.165) is 0 Å². The van der Waals surface area contributed by atoms with E-state index in [-0.39, 0.29) is 12.0 Å². The van der Waals surface area contributed by atoms with Crippen LogP contribution in [0.5, 0.6) is 0 Å². The van der Waals surface area contributed by atoms with Gasteiger partial charge in [-0.2, -0.15) is 0 Å². The topological polar surface area (TPSA) is 67.8 Å². The van der Waals surface area contributed by atoms with E-state index in [2.05, 4.69) is 26.5 Å². The van der Waals surface area contributed by atoms with Gasteiger partial charge in [-0.1, -0.05) is 6.92 Å². The zero-order valence-corrected chi connectivity index (χ0v) is 7.23. The molecule has 0 saturated heterocycles. The number of quaternary nitrogens is 1. The predicted octanol–water partition coefficient (Wildman–Crippen LogP) is -0.827. The highest BCUT2D eigenvalue weighted by Crippen LogP contribution is 1.84. The van der Waals surface area contributed by atoms with E-state index in [1.54, 1.807) is 0 Å². The molecule has 0 rings (SSSR count). The van der Waals surface area contributed by atoms with Gasteiger partial charge < -0.3 is 15.6 Å². The van der Waals surface area contributed by atoms with Gasteiger partial charge in [-0.25, -0.2) is 0 Å². The van der Waals surface area contributed by atoms with Gasteiger partial charge >= 0.3 is 0 Å². The number of hydrogen-bond donors (Lipinski definition) is 1. The first-order chi connectivity index (χ1) is 4.27. The van der Waals surface area contributed by atoms with Gasteiger partial charge in [0.1, 0.15) is 0 Å². The predicted molar refractivity (Wildman–Crippen MR) is 37.9 cm³/mol. The maximum Gasteiger partial charge on any atom is 0.0860 e. The highest BCUT2D eigenvalue weighted by Gasteiger charge is 2.00. The second kappa shape index (κ2) is 5.23. The van der Waals surface area contributed by atoms with E-state index < -0.39 is 5.97 Å². The van der Waals surface area contributed by atoms with Crippen LogP contribution in [0.4, 0.5) is 0 Å². The summed E-state index contributed by atoms with van der Waals surface area (Å²) in [6, 6.07) is 0. The van der Waals surface area contributed by atoms with Crippen LogP contribution < -0.4 is 10.8 Å². The van der Waals surface area contributed by atoms with Crippen LogP contribution in [0.25, 0.3) is 0 Å². The molecule has 0 heterocycles. The van der Waals surface area contributed by atoms with E-state index in [9.17, 15) is 9.90 Å². The number of carboxylic acids is 1. The van der Waals surface area contributed by atoms with Crippen LogP contribution >= 0.6 is 0 Å². The minimum atomic E-state index is -0.995. The molecule has 0 aromatic rings. The first-order valence-corrected chi connectivity index (χ1v) is 3.32. The Morgan fingerprint density at radius 3 is 1.60 bits per heavy atom. The Bertz CT molecular complexity index is 88.3. The highest BCUT2D eigenvalue weighted by atomic mass is 16.4. The fourth-order valence-electron chi connectivity index (χ4n) is 0. The molecule has 3 heteroatoms. The molecule has 0 bridgehead atoms. The molecule has 0 aromatic carbocycles. The average molecular weight is 147 g/mol. The van der Waals surface area contributed by atoms with Gasteiger partial charge in [0.2, 0.25) is 0 Å². The molecule has 0 fully saturated rings. The first-order valence-electron chi connectivity index (χ1n) is 3.32. The molecule has 3 nitrogen and oxygen atoms in total. The fraction of sp³-hybridized carbons (Fsp3) is 0.857. The van der Waals surface area contributed by atoms with E-state index >= 15 is 0 Å². The Balaban J connectivity index is 0. The highest BCUT2D eigenvalue weighted by molar-refractivity contribution is 5.63. The quantitative estimate of drug-likeness (QED) is 0.526. The van der Waals surface area contributed by atoms with Crippen LogP contribution in [0.1, 0.15) is 34.1 Å². The van der Waals surface area contributed by atoms with Gasteiger partial charge in [0.15, 0.2) is 0 Å². The van der Waals surface area contributed by atoms with Gasteiger partial charge in [-0.05, 0) is 27.2 Å². The lowest BCUT2D eigenvalue weighted by Crippen LogP contribution is -2.67. The lowest BCUT2D eigenvalue weighted by molar-refractivity contribution is -0.458. The number of rotatable bonds is 1. The van der Waals surface area contributed by atoms with Crippen molar-refractivity contribution in [2.24, 2.45) is 0 Å². The van der Waals surface area contributed by atoms with Crippen LogP contribution in [0.3, 0.4) is 0 Å². The van der Waals surface area contributed by atoms with Crippen molar-refractivity contribution in [3.63, 3.8) is 0 Å². The number of hydrogen-bond acceptors (Lipinski definition) is 2. The van der Waals surface area contributed by atoms with Crippen molar-refractivity contribution in [3.8, 4) is 0 Å². The van der Waals surface area contributed by atoms with Crippen LogP contribution in [0.2, 0.25) is 0 Å². The van der Waals surface area contributed by atoms with E-state index in [1.807, 2.05) is 0 Å². The summed E-state index contributed by atoms with van der Waals surface area (Å²) in [5, 5.41) is 9.26. The second-order valence-electron chi connectivity index (χ2n) is 3.29. The zero-order valence-electron chi connectivity index (χ0n) is 7.23. The summed E-state index contributed by atoms with van der Waals surface area (Å²) in [5.74, 6) is -0.995. The van der Waals surface area contributed by atoms with Crippen LogP contribution in [-0.2, 0) is 4.79 Å². The van der Waals surface area contributed by atoms with Crippen molar-refractivity contribution in [1.29, 1.82) is 0 Å². The van der Waals surface area contributed by atoms with Crippen molar-refractivity contribution < 1.29 is 15.6 Å². The zero-order chi connectivity index (χ0) is 8.78. The maximum atomic E-state index is 9.26. The lowest BCUT2D eigenvalue weighted by atomic mass is 10.1. The number of aliphatic carboxylic acids is 1. The maximum absolute atomic E-state index is 9.26. The number of carbonyl (C=O) groups is 1. The SMILES string of the molecule is CC(C)(C)[NH3+].CCC(=O)[O-]. The largest absolute Gasteiger partial charge is 0.550 e. The number of carboxylic acid groups (broad SMARTS) is 1. The normalized spacial score (nSPS) is 9.70.